The molecule has 1 aromatic rings. The maximum atomic E-state index is 12.1. The third kappa shape index (κ3) is 4.88. The molecule has 1 amide bonds. The van der Waals surface area contributed by atoms with Crippen LogP contribution in [0.1, 0.15) is 44.1 Å². The van der Waals surface area contributed by atoms with Crippen molar-refractivity contribution in [2.75, 3.05) is 0 Å². The van der Waals surface area contributed by atoms with Crippen LogP contribution in [0.4, 0.5) is 0 Å². The predicted octanol–water partition coefficient (Wildman–Crippen LogP) is 2.77. The van der Waals surface area contributed by atoms with Gasteiger partial charge in [0.15, 0.2) is 0 Å². The van der Waals surface area contributed by atoms with Crippen LogP contribution in [0.25, 0.3) is 0 Å². The van der Waals surface area contributed by atoms with E-state index in [1.54, 1.807) is 0 Å². The van der Waals surface area contributed by atoms with Crippen LogP contribution in [-0.2, 0) is 16.0 Å². The molecule has 21 heavy (non-hydrogen) atoms. The van der Waals surface area contributed by atoms with Crippen LogP contribution in [0.3, 0.4) is 0 Å². The van der Waals surface area contributed by atoms with Gasteiger partial charge in [-0.15, -0.1) is 0 Å². The Morgan fingerprint density at radius 3 is 2.52 bits per heavy atom. The van der Waals surface area contributed by atoms with Gasteiger partial charge in [0, 0.05) is 12.5 Å². The number of carboxylic acid groups (broad SMARTS) is 1. The van der Waals surface area contributed by atoms with Gasteiger partial charge in [0.2, 0.25) is 5.91 Å². The van der Waals surface area contributed by atoms with Crippen molar-refractivity contribution in [2.45, 2.75) is 51.0 Å². The Balaban J connectivity index is 1.86. The summed E-state index contributed by atoms with van der Waals surface area (Å²) in [6.45, 7) is 0. The van der Waals surface area contributed by atoms with Crippen molar-refractivity contribution >= 4 is 11.9 Å². The molecule has 0 saturated heterocycles. The van der Waals surface area contributed by atoms with Crippen LogP contribution >= 0.6 is 0 Å². The number of carboxylic acids is 1. The second-order valence-corrected chi connectivity index (χ2v) is 5.74. The van der Waals surface area contributed by atoms with Crippen LogP contribution in [-0.4, -0.2) is 23.0 Å². The van der Waals surface area contributed by atoms with Crippen molar-refractivity contribution in [1.82, 2.24) is 5.32 Å². The summed E-state index contributed by atoms with van der Waals surface area (Å²) in [5.74, 6) is -1.27. The maximum absolute atomic E-state index is 12.1. The van der Waals surface area contributed by atoms with Crippen LogP contribution < -0.4 is 5.32 Å². The quantitative estimate of drug-likeness (QED) is 0.819. The van der Waals surface area contributed by atoms with Crippen molar-refractivity contribution in [1.29, 1.82) is 0 Å². The van der Waals surface area contributed by atoms with Crippen molar-refractivity contribution in [3.05, 3.63) is 35.9 Å². The van der Waals surface area contributed by atoms with Gasteiger partial charge in [0.05, 0.1) is 5.92 Å². The number of aryl methyl sites for hydroxylation is 1. The molecular weight excluding hydrogens is 266 g/mol. The molecule has 1 aliphatic rings. The lowest BCUT2D eigenvalue weighted by Gasteiger charge is -2.22. The lowest BCUT2D eigenvalue weighted by molar-refractivity contribution is -0.143. The number of hydrogen-bond donors (Lipinski definition) is 2. The molecule has 1 aliphatic carbocycles. The average molecular weight is 289 g/mol. The predicted molar refractivity (Wildman–Crippen MR) is 80.9 cm³/mol. The molecule has 1 saturated carbocycles. The van der Waals surface area contributed by atoms with Gasteiger partial charge in [-0.05, 0) is 24.8 Å². The molecule has 0 radical (unpaired) electrons. The lowest BCUT2D eigenvalue weighted by Crippen LogP contribution is -2.42. The Hall–Kier alpha value is -1.84. The molecule has 2 atom stereocenters. The molecule has 1 aromatic carbocycles. The van der Waals surface area contributed by atoms with Crippen LogP contribution in [0.15, 0.2) is 30.3 Å². The first-order chi connectivity index (χ1) is 10.2. The van der Waals surface area contributed by atoms with Crippen LogP contribution in [0.5, 0.6) is 0 Å². The van der Waals surface area contributed by atoms with E-state index in [4.69, 9.17) is 0 Å². The summed E-state index contributed by atoms with van der Waals surface area (Å²) >= 11 is 0. The molecule has 2 unspecified atom stereocenters. The molecule has 0 aliphatic heterocycles. The summed E-state index contributed by atoms with van der Waals surface area (Å²) < 4.78 is 0. The second kappa shape index (κ2) is 7.81. The fourth-order valence-electron chi connectivity index (χ4n) is 2.96. The topological polar surface area (TPSA) is 66.4 Å². The Morgan fingerprint density at radius 2 is 1.81 bits per heavy atom. The zero-order chi connectivity index (χ0) is 15.1. The molecule has 4 heteroatoms. The number of aliphatic carboxylic acids is 1. The maximum Gasteiger partial charge on any atom is 0.308 e. The van der Waals surface area contributed by atoms with Gasteiger partial charge in [0.1, 0.15) is 0 Å². The van der Waals surface area contributed by atoms with E-state index in [1.807, 2.05) is 30.3 Å². The fourth-order valence-corrected chi connectivity index (χ4v) is 2.96. The van der Waals surface area contributed by atoms with E-state index < -0.39 is 11.9 Å². The largest absolute Gasteiger partial charge is 0.481 e. The Labute approximate surface area is 125 Å². The monoisotopic (exact) mass is 289 g/mol. The molecule has 4 nitrogen and oxygen atoms in total. The van der Waals surface area contributed by atoms with Gasteiger partial charge < -0.3 is 10.4 Å². The highest BCUT2D eigenvalue weighted by molar-refractivity contribution is 5.78. The SMILES string of the molecule is O=C(CCc1ccccc1)NC1CCCCCC1C(=O)O. The molecule has 114 valence electrons. The molecule has 1 fully saturated rings. The van der Waals surface area contributed by atoms with Crippen LogP contribution in [0.2, 0.25) is 0 Å². The van der Waals surface area contributed by atoms with Crippen molar-refractivity contribution in [3.63, 3.8) is 0 Å². The summed E-state index contributed by atoms with van der Waals surface area (Å²) in [7, 11) is 0. The van der Waals surface area contributed by atoms with Gasteiger partial charge in [0.25, 0.3) is 0 Å². The molecule has 0 bridgehead atoms. The van der Waals surface area contributed by atoms with E-state index >= 15 is 0 Å². The van der Waals surface area contributed by atoms with Gasteiger partial charge in [-0.3, -0.25) is 9.59 Å². The van der Waals surface area contributed by atoms with E-state index in [9.17, 15) is 14.7 Å². The van der Waals surface area contributed by atoms with Crippen molar-refractivity contribution in [2.24, 2.45) is 5.92 Å². The lowest BCUT2D eigenvalue weighted by atomic mass is 9.94. The smallest absolute Gasteiger partial charge is 0.308 e. The number of amides is 1. The van der Waals surface area contributed by atoms with Gasteiger partial charge in [-0.25, -0.2) is 0 Å². The Morgan fingerprint density at radius 1 is 1.10 bits per heavy atom. The van der Waals surface area contributed by atoms with E-state index in [0.29, 0.717) is 19.3 Å². The summed E-state index contributed by atoms with van der Waals surface area (Å²) in [6, 6.07) is 9.65. The number of benzene rings is 1. The van der Waals surface area contributed by atoms with Gasteiger partial charge in [-0.1, -0.05) is 49.6 Å². The second-order valence-electron chi connectivity index (χ2n) is 5.74. The number of hydrogen-bond acceptors (Lipinski definition) is 2. The zero-order valence-corrected chi connectivity index (χ0v) is 12.3. The number of rotatable bonds is 5. The third-order valence-electron chi connectivity index (χ3n) is 4.16. The molecule has 0 aromatic heterocycles. The molecule has 2 N–H and O–H groups in total. The molecule has 0 heterocycles. The number of nitrogens with one attached hydrogen (secondary N) is 1. The number of carbonyl (C=O) groups excluding carboxylic acids is 1. The molecular formula is C17H23NO3. The Kier molecular flexibility index (Phi) is 5.78. The zero-order valence-electron chi connectivity index (χ0n) is 12.3. The number of carbonyl (C=O) groups is 2. The van der Waals surface area contributed by atoms with Crippen molar-refractivity contribution in [3.8, 4) is 0 Å². The summed E-state index contributed by atoms with van der Waals surface area (Å²) in [6.07, 6.45) is 5.53. The third-order valence-corrected chi connectivity index (χ3v) is 4.16. The first-order valence-corrected chi connectivity index (χ1v) is 7.73. The van der Waals surface area contributed by atoms with Crippen molar-refractivity contribution < 1.29 is 14.7 Å². The van der Waals surface area contributed by atoms with E-state index in [2.05, 4.69) is 5.32 Å². The van der Waals surface area contributed by atoms with E-state index in [1.165, 1.54) is 0 Å². The minimum Gasteiger partial charge on any atom is -0.481 e. The highest BCUT2D eigenvalue weighted by Gasteiger charge is 2.30. The summed E-state index contributed by atoms with van der Waals surface area (Å²) in [4.78, 5) is 23.4. The highest BCUT2D eigenvalue weighted by atomic mass is 16.4. The van der Waals surface area contributed by atoms with E-state index in [0.717, 1.165) is 31.2 Å². The first kappa shape index (κ1) is 15.5. The fraction of sp³-hybridized carbons (Fsp3) is 0.529. The first-order valence-electron chi connectivity index (χ1n) is 7.73. The van der Waals surface area contributed by atoms with E-state index in [-0.39, 0.29) is 11.9 Å². The standard InChI is InChI=1S/C17H23NO3/c19-16(12-11-13-7-3-1-4-8-13)18-15-10-6-2-5-9-14(15)17(20)21/h1,3-4,7-8,14-15H,2,5-6,9-12H2,(H,18,19)(H,20,21). The molecule has 0 spiro atoms. The van der Waals surface area contributed by atoms with Gasteiger partial charge in [-0.2, -0.15) is 0 Å². The average Bonchev–Trinajstić information content (AvgIpc) is 2.72. The summed E-state index contributed by atoms with van der Waals surface area (Å²) in [5, 5.41) is 12.2. The Bertz CT molecular complexity index is 472. The van der Waals surface area contributed by atoms with Crippen LogP contribution in [0, 0.1) is 5.92 Å². The molecule has 2 rings (SSSR count). The van der Waals surface area contributed by atoms with Gasteiger partial charge >= 0.3 is 5.97 Å². The minimum absolute atomic E-state index is 0.0444. The minimum atomic E-state index is -0.787. The summed E-state index contributed by atoms with van der Waals surface area (Å²) in [5.41, 5.74) is 1.13. The normalized spacial score (nSPS) is 22.3. The highest BCUT2D eigenvalue weighted by Crippen LogP contribution is 2.24.